The van der Waals surface area contributed by atoms with Crippen LogP contribution in [0.2, 0.25) is 0 Å². The Balaban J connectivity index is 1.85. The Bertz CT molecular complexity index is 843. The number of nitrogens with zero attached hydrogens (tertiary/aromatic N) is 2. The van der Waals surface area contributed by atoms with Crippen molar-refractivity contribution in [3.8, 4) is 5.88 Å². The molecule has 0 spiro atoms. The van der Waals surface area contributed by atoms with Crippen LogP contribution >= 0.6 is 0 Å². The largest absolute Gasteiger partial charge is 0.480 e. The monoisotopic (exact) mass is 340 g/mol. The summed E-state index contributed by atoms with van der Waals surface area (Å²) in [7, 11) is 1.42. The molecule has 1 unspecified atom stereocenters. The molecular formula is C18H16N2O5. The van der Waals surface area contributed by atoms with Crippen molar-refractivity contribution >= 4 is 17.6 Å². The van der Waals surface area contributed by atoms with E-state index in [-0.39, 0.29) is 11.7 Å². The van der Waals surface area contributed by atoms with Gasteiger partial charge < -0.3 is 4.74 Å². The highest BCUT2D eigenvalue weighted by atomic mass is 16.7. The summed E-state index contributed by atoms with van der Waals surface area (Å²) in [5.41, 5.74) is 1.45. The maximum atomic E-state index is 12.3. The second-order valence-corrected chi connectivity index (χ2v) is 5.58. The lowest BCUT2D eigenvalue weighted by Crippen LogP contribution is -2.31. The van der Waals surface area contributed by atoms with Crippen LogP contribution in [0.15, 0.2) is 36.5 Å². The SMILES string of the molecule is COc1ncc(C(C)ON2C(=O)c3ccccc3C2=O)cc1C(C)=O. The van der Waals surface area contributed by atoms with E-state index < -0.39 is 17.9 Å². The third kappa shape index (κ3) is 2.89. The molecule has 0 saturated carbocycles. The molecule has 1 aliphatic rings. The Hall–Kier alpha value is -3.06. The normalized spacial score (nSPS) is 14.4. The zero-order valence-corrected chi connectivity index (χ0v) is 14.0. The number of hydrogen-bond donors (Lipinski definition) is 0. The highest BCUT2D eigenvalue weighted by Gasteiger charge is 2.37. The second kappa shape index (κ2) is 6.45. The smallest absolute Gasteiger partial charge is 0.285 e. The number of benzene rings is 1. The molecule has 1 aromatic carbocycles. The number of carbonyl (C=O) groups is 3. The minimum atomic E-state index is -0.668. The van der Waals surface area contributed by atoms with Gasteiger partial charge >= 0.3 is 0 Å². The second-order valence-electron chi connectivity index (χ2n) is 5.58. The quantitative estimate of drug-likeness (QED) is 0.614. The van der Waals surface area contributed by atoms with E-state index >= 15 is 0 Å². The number of hydrogen-bond acceptors (Lipinski definition) is 6. The first-order chi connectivity index (χ1) is 11.9. The van der Waals surface area contributed by atoms with Gasteiger partial charge in [-0.05, 0) is 32.0 Å². The summed E-state index contributed by atoms with van der Waals surface area (Å²) in [6, 6.07) is 8.10. The van der Waals surface area contributed by atoms with Crippen molar-refractivity contribution in [2.75, 3.05) is 7.11 Å². The van der Waals surface area contributed by atoms with Gasteiger partial charge in [-0.1, -0.05) is 12.1 Å². The van der Waals surface area contributed by atoms with E-state index in [9.17, 15) is 14.4 Å². The van der Waals surface area contributed by atoms with Crippen molar-refractivity contribution in [2.24, 2.45) is 0 Å². The summed E-state index contributed by atoms with van der Waals surface area (Å²) in [6.45, 7) is 3.07. The molecule has 2 amide bonds. The van der Waals surface area contributed by atoms with Crippen LogP contribution in [0.1, 0.15) is 56.6 Å². The van der Waals surface area contributed by atoms with Gasteiger partial charge in [-0.2, -0.15) is 0 Å². The van der Waals surface area contributed by atoms with Crippen LogP contribution < -0.4 is 4.74 Å². The summed E-state index contributed by atoms with van der Waals surface area (Å²) in [4.78, 5) is 46.0. The third-order valence-electron chi connectivity index (χ3n) is 3.93. The molecule has 1 aromatic heterocycles. The standard InChI is InChI=1S/C18H16N2O5/c1-10(21)15-8-12(9-19-16(15)24-3)11(2)25-20-17(22)13-6-4-5-7-14(13)18(20)23/h4-9,11H,1-3H3. The molecule has 7 nitrogen and oxygen atoms in total. The first-order valence-electron chi connectivity index (χ1n) is 7.63. The molecule has 1 aliphatic heterocycles. The van der Waals surface area contributed by atoms with Crippen molar-refractivity contribution in [3.63, 3.8) is 0 Å². The molecule has 3 rings (SSSR count). The van der Waals surface area contributed by atoms with Gasteiger partial charge in [0.25, 0.3) is 11.8 Å². The Labute approximate surface area is 144 Å². The maximum absolute atomic E-state index is 12.3. The number of aromatic nitrogens is 1. The lowest BCUT2D eigenvalue weighted by molar-refractivity contribution is -0.128. The Morgan fingerprint density at radius 1 is 1.16 bits per heavy atom. The molecule has 7 heteroatoms. The maximum Gasteiger partial charge on any atom is 0.285 e. The van der Waals surface area contributed by atoms with Gasteiger partial charge in [-0.25, -0.2) is 4.98 Å². The van der Waals surface area contributed by atoms with Crippen LogP contribution in [-0.4, -0.2) is 34.8 Å². The van der Waals surface area contributed by atoms with E-state index in [1.165, 1.54) is 20.2 Å². The number of ketones is 1. The Morgan fingerprint density at radius 2 is 1.76 bits per heavy atom. The zero-order valence-electron chi connectivity index (χ0n) is 14.0. The molecule has 0 radical (unpaired) electrons. The van der Waals surface area contributed by atoms with Crippen LogP contribution in [0.3, 0.4) is 0 Å². The fourth-order valence-electron chi connectivity index (χ4n) is 2.59. The molecule has 0 fully saturated rings. The zero-order chi connectivity index (χ0) is 18.1. The number of rotatable bonds is 5. The number of fused-ring (bicyclic) bond motifs is 1. The minimum Gasteiger partial charge on any atom is -0.480 e. The van der Waals surface area contributed by atoms with Crippen molar-refractivity contribution in [3.05, 3.63) is 58.8 Å². The molecule has 25 heavy (non-hydrogen) atoms. The number of carbonyl (C=O) groups excluding carboxylic acids is 3. The number of imide groups is 1. The lowest BCUT2D eigenvalue weighted by Gasteiger charge is -2.20. The average molecular weight is 340 g/mol. The number of amides is 2. The van der Waals surface area contributed by atoms with Gasteiger partial charge in [0.15, 0.2) is 5.78 Å². The Morgan fingerprint density at radius 3 is 2.28 bits per heavy atom. The van der Waals surface area contributed by atoms with E-state index in [1.54, 1.807) is 37.3 Å². The van der Waals surface area contributed by atoms with Gasteiger partial charge in [-0.15, -0.1) is 5.06 Å². The van der Waals surface area contributed by atoms with Crippen LogP contribution in [0.5, 0.6) is 5.88 Å². The number of methoxy groups -OCH3 is 1. The molecule has 2 heterocycles. The third-order valence-corrected chi connectivity index (χ3v) is 3.93. The predicted molar refractivity (Wildman–Crippen MR) is 87.2 cm³/mol. The van der Waals surface area contributed by atoms with E-state index in [0.29, 0.717) is 22.3 Å². The van der Waals surface area contributed by atoms with Gasteiger partial charge in [0, 0.05) is 11.8 Å². The Kier molecular flexibility index (Phi) is 4.33. The molecule has 0 N–H and O–H groups in total. The van der Waals surface area contributed by atoms with Crippen LogP contribution in [0, 0.1) is 0 Å². The first kappa shape index (κ1) is 16.8. The molecule has 0 aliphatic carbocycles. The molecule has 128 valence electrons. The number of pyridine rings is 1. The fourth-order valence-corrected chi connectivity index (χ4v) is 2.59. The number of Topliss-reactive ketones (excluding diaryl/α,β-unsaturated/α-hetero) is 1. The van der Waals surface area contributed by atoms with E-state index in [2.05, 4.69) is 4.98 Å². The summed E-state index contributed by atoms with van der Waals surface area (Å²) >= 11 is 0. The van der Waals surface area contributed by atoms with Crippen LogP contribution in [0.4, 0.5) is 0 Å². The van der Waals surface area contributed by atoms with E-state index in [4.69, 9.17) is 9.57 Å². The molecule has 0 bridgehead atoms. The van der Waals surface area contributed by atoms with E-state index in [1.807, 2.05) is 0 Å². The van der Waals surface area contributed by atoms with Crippen LogP contribution in [0.25, 0.3) is 0 Å². The first-order valence-corrected chi connectivity index (χ1v) is 7.63. The summed E-state index contributed by atoms with van der Waals surface area (Å²) < 4.78 is 5.06. The van der Waals surface area contributed by atoms with Crippen LogP contribution in [-0.2, 0) is 4.84 Å². The topological polar surface area (TPSA) is 85.8 Å². The number of ether oxygens (including phenoxy) is 1. The minimum absolute atomic E-state index is 0.209. The van der Waals surface area contributed by atoms with Gasteiger partial charge in [0.2, 0.25) is 5.88 Å². The summed E-state index contributed by atoms with van der Waals surface area (Å²) in [5.74, 6) is -1.02. The lowest BCUT2D eigenvalue weighted by atomic mass is 10.1. The van der Waals surface area contributed by atoms with E-state index in [0.717, 1.165) is 5.06 Å². The van der Waals surface area contributed by atoms with Crippen molar-refractivity contribution in [1.82, 2.24) is 10.0 Å². The average Bonchev–Trinajstić information content (AvgIpc) is 2.86. The number of hydroxylamine groups is 2. The molecule has 1 atom stereocenters. The predicted octanol–water partition coefficient (Wildman–Crippen LogP) is 2.58. The van der Waals surface area contributed by atoms with Crippen molar-refractivity contribution in [2.45, 2.75) is 20.0 Å². The highest BCUT2D eigenvalue weighted by Crippen LogP contribution is 2.28. The highest BCUT2D eigenvalue weighted by molar-refractivity contribution is 6.20. The molecule has 2 aromatic rings. The van der Waals surface area contributed by atoms with Gasteiger partial charge in [-0.3, -0.25) is 19.2 Å². The molecule has 0 saturated heterocycles. The summed E-state index contributed by atoms with van der Waals surface area (Å²) in [5, 5.41) is 0.743. The van der Waals surface area contributed by atoms with Crippen molar-refractivity contribution < 1.29 is 24.0 Å². The summed E-state index contributed by atoms with van der Waals surface area (Å²) in [6.07, 6.45) is 0.812. The molecular weight excluding hydrogens is 324 g/mol. The van der Waals surface area contributed by atoms with Crippen molar-refractivity contribution in [1.29, 1.82) is 0 Å². The van der Waals surface area contributed by atoms with Gasteiger partial charge in [0.1, 0.15) is 6.10 Å². The fraction of sp³-hybridized carbons (Fsp3) is 0.222. The van der Waals surface area contributed by atoms with Gasteiger partial charge in [0.05, 0.1) is 23.8 Å².